The van der Waals surface area contributed by atoms with Crippen molar-refractivity contribution in [1.29, 1.82) is 0 Å². The number of hydrogen-bond donors (Lipinski definition) is 1. The summed E-state index contributed by atoms with van der Waals surface area (Å²) >= 11 is 0. The molecule has 1 aliphatic rings. The van der Waals surface area contributed by atoms with Crippen molar-refractivity contribution < 1.29 is 14.6 Å². The lowest BCUT2D eigenvalue weighted by Gasteiger charge is -2.34. The van der Waals surface area contributed by atoms with Gasteiger partial charge in [-0.1, -0.05) is 51.1 Å². The first-order chi connectivity index (χ1) is 8.89. The van der Waals surface area contributed by atoms with Crippen LogP contribution >= 0.6 is 0 Å². The van der Waals surface area contributed by atoms with Gasteiger partial charge in [0.15, 0.2) is 6.23 Å². The third-order valence-electron chi connectivity index (χ3n) is 3.54. The van der Waals surface area contributed by atoms with Crippen molar-refractivity contribution in [3.63, 3.8) is 0 Å². The summed E-state index contributed by atoms with van der Waals surface area (Å²) in [5.41, 5.74) is 1.16. The molecule has 104 valence electrons. The normalized spacial score (nSPS) is 19.8. The SMILES string of the molecule is CC(C)(C)[C@H](CN(C(=O)O)[C@@H]1CO1)c1ccccc1. The maximum atomic E-state index is 11.3. The van der Waals surface area contributed by atoms with E-state index in [1.165, 1.54) is 10.5 Å². The average molecular weight is 263 g/mol. The molecule has 0 unspecified atom stereocenters. The molecule has 4 nitrogen and oxygen atoms in total. The van der Waals surface area contributed by atoms with Gasteiger partial charge in [0, 0.05) is 12.5 Å². The molecule has 2 rings (SSSR count). The molecule has 1 aliphatic heterocycles. The fraction of sp³-hybridized carbons (Fsp3) is 0.533. The summed E-state index contributed by atoms with van der Waals surface area (Å²) in [6.07, 6.45) is -1.17. The number of nitrogens with zero attached hydrogens (tertiary/aromatic N) is 1. The molecule has 0 aliphatic carbocycles. The number of hydrogen-bond acceptors (Lipinski definition) is 2. The van der Waals surface area contributed by atoms with Crippen LogP contribution in [-0.2, 0) is 4.74 Å². The minimum absolute atomic E-state index is 0.00998. The van der Waals surface area contributed by atoms with E-state index in [1.54, 1.807) is 0 Å². The zero-order chi connectivity index (χ0) is 14.0. The number of benzene rings is 1. The smallest absolute Gasteiger partial charge is 0.409 e. The van der Waals surface area contributed by atoms with E-state index in [0.717, 1.165) is 0 Å². The molecule has 1 heterocycles. The van der Waals surface area contributed by atoms with Crippen LogP contribution in [-0.4, -0.2) is 35.5 Å². The predicted octanol–water partition coefficient (Wildman–Crippen LogP) is 3.15. The van der Waals surface area contributed by atoms with Crippen LogP contribution in [0.2, 0.25) is 0 Å². The second-order valence-electron chi connectivity index (χ2n) is 6.05. The lowest BCUT2D eigenvalue weighted by molar-refractivity contribution is 0.105. The van der Waals surface area contributed by atoms with Crippen molar-refractivity contribution in [3.05, 3.63) is 35.9 Å². The summed E-state index contributed by atoms with van der Waals surface area (Å²) in [5.74, 6) is 0.147. The number of ether oxygens (including phenoxy) is 1. The lowest BCUT2D eigenvalue weighted by atomic mass is 9.76. The largest absolute Gasteiger partial charge is 0.465 e. The van der Waals surface area contributed by atoms with Crippen molar-refractivity contribution in [2.45, 2.75) is 32.9 Å². The molecule has 0 bridgehead atoms. The van der Waals surface area contributed by atoms with Crippen LogP contribution in [0.25, 0.3) is 0 Å². The van der Waals surface area contributed by atoms with E-state index in [1.807, 2.05) is 18.2 Å². The second kappa shape index (κ2) is 5.21. The Balaban J connectivity index is 2.21. The van der Waals surface area contributed by atoms with Gasteiger partial charge in [-0.25, -0.2) is 4.79 Å². The van der Waals surface area contributed by atoms with Crippen molar-refractivity contribution in [1.82, 2.24) is 4.90 Å². The van der Waals surface area contributed by atoms with Crippen LogP contribution in [0, 0.1) is 5.41 Å². The van der Waals surface area contributed by atoms with E-state index < -0.39 is 6.09 Å². The van der Waals surface area contributed by atoms with Crippen molar-refractivity contribution in [3.8, 4) is 0 Å². The highest BCUT2D eigenvalue weighted by atomic mass is 16.6. The first-order valence-electron chi connectivity index (χ1n) is 6.55. The Morgan fingerprint density at radius 1 is 1.42 bits per heavy atom. The van der Waals surface area contributed by atoms with E-state index in [2.05, 4.69) is 32.9 Å². The fourth-order valence-corrected chi connectivity index (χ4v) is 2.30. The molecule has 0 spiro atoms. The minimum atomic E-state index is -0.910. The van der Waals surface area contributed by atoms with Crippen molar-refractivity contribution in [2.75, 3.05) is 13.2 Å². The topological polar surface area (TPSA) is 53.1 Å². The summed E-state index contributed by atoms with van der Waals surface area (Å²) in [6.45, 7) is 7.39. The molecule has 1 N–H and O–H groups in total. The zero-order valence-corrected chi connectivity index (χ0v) is 11.7. The van der Waals surface area contributed by atoms with E-state index in [4.69, 9.17) is 4.74 Å². The van der Waals surface area contributed by atoms with Crippen LogP contribution in [0.4, 0.5) is 4.79 Å². The van der Waals surface area contributed by atoms with Crippen LogP contribution in [0.3, 0.4) is 0 Å². The average Bonchev–Trinajstić information content (AvgIpc) is 3.13. The van der Waals surface area contributed by atoms with Gasteiger partial charge in [0.1, 0.15) is 0 Å². The van der Waals surface area contributed by atoms with E-state index in [9.17, 15) is 9.90 Å². The molecule has 1 aromatic rings. The van der Waals surface area contributed by atoms with Crippen molar-refractivity contribution >= 4 is 6.09 Å². The first-order valence-corrected chi connectivity index (χ1v) is 6.55. The van der Waals surface area contributed by atoms with Gasteiger partial charge in [0.05, 0.1) is 6.61 Å². The molecule has 0 aromatic heterocycles. The Bertz CT molecular complexity index is 434. The summed E-state index contributed by atoms with van der Waals surface area (Å²) in [4.78, 5) is 12.7. The highest BCUT2D eigenvalue weighted by Crippen LogP contribution is 2.36. The molecule has 1 fully saturated rings. The Kier molecular flexibility index (Phi) is 3.80. The van der Waals surface area contributed by atoms with E-state index in [0.29, 0.717) is 13.2 Å². The lowest BCUT2D eigenvalue weighted by Crippen LogP contribution is -2.39. The zero-order valence-electron chi connectivity index (χ0n) is 11.7. The molecular weight excluding hydrogens is 242 g/mol. The highest BCUT2D eigenvalue weighted by molar-refractivity contribution is 5.65. The molecule has 0 saturated carbocycles. The summed E-state index contributed by atoms with van der Waals surface area (Å²) in [5, 5.41) is 9.29. The standard InChI is InChI=1S/C15H21NO3/c1-15(2,3)12(11-7-5-4-6-8-11)9-16(14(17)18)13-10-19-13/h4-8,12-13H,9-10H2,1-3H3,(H,17,18)/t12-,13+/m1/s1. The second-order valence-corrected chi connectivity index (χ2v) is 6.05. The molecule has 0 radical (unpaired) electrons. The Hall–Kier alpha value is -1.55. The van der Waals surface area contributed by atoms with Crippen LogP contribution in [0.1, 0.15) is 32.3 Å². The maximum Gasteiger partial charge on any atom is 0.409 e. The number of carbonyl (C=O) groups is 1. The summed E-state index contributed by atoms with van der Waals surface area (Å²) in [7, 11) is 0. The fourth-order valence-electron chi connectivity index (χ4n) is 2.30. The molecule has 1 amide bonds. The Morgan fingerprint density at radius 2 is 2.00 bits per heavy atom. The van der Waals surface area contributed by atoms with Gasteiger partial charge in [-0.2, -0.15) is 0 Å². The number of epoxide rings is 1. The third kappa shape index (κ3) is 3.47. The van der Waals surface area contributed by atoms with Crippen molar-refractivity contribution in [2.24, 2.45) is 5.41 Å². The van der Waals surface area contributed by atoms with Gasteiger partial charge in [-0.15, -0.1) is 0 Å². The van der Waals surface area contributed by atoms with Gasteiger partial charge >= 0.3 is 6.09 Å². The predicted molar refractivity (Wildman–Crippen MR) is 73.1 cm³/mol. The number of carboxylic acid groups (broad SMARTS) is 1. The van der Waals surface area contributed by atoms with Gasteiger partial charge in [-0.05, 0) is 11.0 Å². The van der Waals surface area contributed by atoms with Gasteiger partial charge < -0.3 is 9.84 Å². The van der Waals surface area contributed by atoms with Gasteiger partial charge in [-0.3, -0.25) is 4.90 Å². The Labute approximate surface area is 114 Å². The molecular formula is C15H21NO3. The molecule has 19 heavy (non-hydrogen) atoms. The minimum Gasteiger partial charge on any atom is -0.465 e. The van der Waals surface area contributed by atoms with Gasteiger partial charge in [0.25, 0.3) is 0 Å². The summed E-state index contributed by atoms with van der Waals surface area (Å²) in [6, 6.07) is 10.1. The summed E-state index contributed by atoms with van der Waals surface area (Å²) < 4.78 is 5.13. The molecule has 1 aromatic carbocycles. The Morgan fingerprint density at radius 3 is 2.42 bits per heavy atom. The first kappa shape index (κ1) is 13.9. The molecule has 1 saturated heterocycles. The van der Waals surface area contributed by atoms with Crippen LogP contribution in [0.5, 0.6) is 0 Å². The quantitative estimate of drug-likeness (QED) is 0.849. The van der Waals surface area contributed by atoms with Crippen LogP contribution < -0.4 is 0 Å². The highest BCUT2D eigenvalue weighted by Gasteiger charge is 2.38. The molecule has 4 heteroatoms. The van der Waals surface area contributed by atoms with E-state index in [-0.39, 0.29) is 17.6 Å². The van der Waals surface area contributed by atoms with Crippen LogP contribution in [0.15, 0.2) is 30.3 Å². The number of rotatable bonds is 4. The number of amides is 1. The maximum absolute atomic E-state index is 11.3. The monoisotopic (exact) mass is 263 g/mol. The van der Waals surface area contributed by atoms with Gasteiger partial charge in [0.2, 0.25) is 0 Å². The molecule has 2 atom stereocenters. The van der Waals surface area contributed by atoms with E-state index >= 15 is 0 Å². The third-order valence-corrected chi connectivity index (χ3v) is 3.54.